The first-order valence-corrected chi connectivity index (χ1v) is 7.99. The lowest BCUT2D eigenvalue weighted by atomic mass is 10.1. The number of rotatable bonds is 2. The first kappa shape index (κ1) is 15.7. The Hall–Kier alpha value is -2.81. The zero-order chi connectivity index (χ0) is 17.7. The molecule has 0 spiro atoms. The van der Waals surface area contributed by atoms with E-state index in [0.717, 1.165) is 11.5 Å². The topological polar surface area (TPSA) is 75.6 Å². The molecule has 2 aromatic carbocycles. The van der Waals surface area contributed by atoms with Crippen LogP contribution < -0.4 is 5.32 Å². The van der Waals surface area contributed by atoms with Crippen molar-refractivity contribution < 1.29 is 13.6 Å². The summed E-state index contributed by atoms with van der Waals surface area (Å²) in [6, 6.07) is 6.03. The fraction of sp³-hybridized carbons (Fsp3) is 0.0625. The molecule has 0 saturated heterocycles. The Kier molecular flexibility index (Phi) is 3.53. The largest absolute Gasteiger partial charge is 0.322 e. The number of H-pyrrole nitrogens is 1. The van der Waals surface area contributed by atoms with Gasteiger partial charge >= 0.3 is 0 Å². The van der Waals surface area contributed by atoms with Gasteiger partial charge in [0.05, 0.1) is 22.6 Å². The van der Waals surface area contributed by atoms with Crippen LogP contribution in [0.5, 0.6) is 0 Å². The van der Waals surface area contributed by atoms with Crippen LogP contribution in [-0.2, 0) is 7.05 Å². The van der Waals surface area contributed by atoms with Gasteiger partial charge in [-0.1, -0.05) is 0 Å². The summed E-state index contributed by atoms with van der Waals surface area (Å²) in [4.78, 5) is 12.4. The molecule has 9 heteroatoms. The van der Waals surface area contributed by atoms with Crippen molar-refractivity contribution in [3.05, 3.63) is 52.3 Å². The van der Waals surface area contributed by atoms with Gasteiger partial charge in [-0.25, -0.2) is 8.78 Å². The lowest BCUT2D eigenvalue weighted by Crippen LogP contribution is -2.16. The number of amides is 1. The number of aromatic nitrogens is 4. The van der Waals surface area contributed by atoms with Crippen LogP contribution in [0.2, 0.25) is 0 Å². The number of nitrogens with zero attached hydrogens (tertiary/aromatic N) is 3. The second-order valence-electron chi connectivity index (χ2n) is 5.47. The van der Waals surface area contributed by atoms with Crippen molar-refractivity contribution in [3.8, 4) is 0 Å². The molecule has 0 radical (unpaired) electrons. The Balaban J connectivity index is 1.75. The molecule has 6 nitrogen and oxygen atoms in total. The lowest BCUT2D eigenvalue weighted by Gasteiger charge is -2.08. The van der Waals surface area contributed by atoms with Crippen LogP contribution in [-0.4, -0.2) is 25.9 Å². The van der Waals surface area contributed by atoms with E-state index >= 15 is 0 Å². The van der Waals surface area contributed by atoms with E-state index in [0.29, 0.717) is 15.8 Å². The van der Waals surface area contributed by atoms with Gasteiger partial charge in [0.15, 0.2) is 0 Å². The first-order chi connectivity index (χ1) is 12.0. The number of nitrogens with one attached hydrogen (secondary N) is 2. The van der Waals surface area contributed by atoms with E-state index in [2.05, 4.69) is 36.5 Å². The van der Waals surface area contributed by atoms with Crippen LogP contribution in [0.25, 0.3) is 21.8 Å². The van der Waals surface area contributed by atoms with Gasteiger partial charge in [0.1, 0.15) is 21.8 Å². The molecule has 25 heavy (non-hydrogen) atoms. The maximum absolute atomic E-state index is 14.6. The van der Waals surface area contributed by atoms with Gasteiger partial charge in [-0.2, -0.15) is 10.2 Å². The molecule has 0 aliphatic carbocycles. The van der Waals surface area contributed by atoms with Crippen molar-refractivity contribution in [3.63, 3.8) is 0 Å². The third-order valence-electron chi connectivity index (χ3n) is 3.94. The molecule has 1 amide bonds. The third-order valence-corrected chi connectivity index (χ3v) is 4.54. The van der Waals surface area contributed by atoms with Crippen LogP contribution in [0.15, 0.2) is 35.1 Å². The molecule has 2 N–H and O–H groups in total. The molecule has 0 bridgehead atoms. The van der Waals surface area contributed by atoms with E-state index in [1.807, 2.05) is 0 Å². The minimum absolute atomic E-state index is 0.0853. The number of hydrogen-bond acceptors (Lipinski definition) is 3. The minimum Gasteiger partial charge on any atom is -0.322 e. The summed E-state index contributed by atoms with van der Waals surface area (Å²) in [5.74, 6) is -2.76. The van der Waals surface area contributed by atoms with Crippen molar-refractivity contribution in [2.24, 2.45) is 7.05 Å². The Morgan fingerprint density at radius 3 is 2.88 bits per heavy atom. The molecule has 2 heterocycles. The standard InChI is InChI=1S/C16H10BrF2N5O/c1-24-12-5-10(18)13(14(19)9(12)6-20-24)16(25)21-7-2-3-11-8(4-7)15(17)23-22-11/h2-6H,1H3,(H,21,25)(H,22,23). The summed E-state index contributed by atoms with van der Waals surface area (Å²) in [5, 5.41) is 14.0. The maximum Gasteiger partial charge on any atom is 0.261 e. The Labute approximate surface area is 147 Å². The normalized spacial score (nSPS) is 11.4. The number of aryl methyl sites for hydroxylation is 1. The Bertz CT molecular complexity index is 1150. The number of hydrogen-bond donors (Lipinski definition) is 2. The molecule has 0 aliphatic rings. The smallest absolute Gasteiger partial charge is 0.261 e. The van der Waals surface area contributed by atoms with Crippen molar-refractivity contribution >= 4 is 49.3 Å². The molecule has 0 saturated carbocycles. The minimum atomic E-state index is -0.948. The predicted octanol–water partition coefficient (Wildman–Crippen LogP) is 3.74. The van der Waals surface area contributed by atoms with Crippen LogP contribution in [0, 0.1) is 11.6 Å². The molecular formula is C16H10BrF2N5O. The van der Waals surface area contributed by atoms with Gasteiger partial charge in [0.25, 0.3) is 5.91 Å². The Morgan fingerprint density at radius 2 is 2.08 bits per heavy atom. The highest BCUT2D eigenvalue weighted by atomic mass is 79.9. The monoisotopic (exact) mass is 405 g/mol. The van der Waals surface area contributed by atoms with Crippen molar-refractivity contribution in [2.75, 3.05) is 5.32 Å². The summed E-state index contributed by atoms with van der Waals surface area (Å²) < 4.78 is 30.9. The van der Waals surface area contributed by atoms with Gasteiger partial charge in [0.2, 0.25) is 0 Å². The number of anilines is 1. The van der Waals surface area contributed by atoms with Crippen molar-refractivity contribution in [2.45, 2.75) is 0 Å². The molecule has 0 unspecified atom stereocenters. The van der Waals surface area contributed by atoms with Crippen LogP contribution in [0.4, 0.5) is 14.5 Å². The number of fused-ring (bicyclic) bond motifs is 2. The van der Waals surface area contributed by atoms with E-state index in [1.165, 1.54) is 10.9 Å². The molecule has 126 valence electrons. The summed E-state index contributed by atoms with van der Waals surface area (Å²) in [6.07, 6.45) is 1.26. The third kappa shape index (κ3) is 2.47. The summed E-state index contributed by atoms with van der Waals surface area (Å²) in [7, 11) is 1.57. The van der Waals surface area contributed by atoms with Gasteiger partial charge in [0, 0.05) is 24.2 Å². The van der Waals surface area contributed by atoms with E-state index in [4.69, 9.17) is 0 Å². The van der Waals surface area contributed by atoms with Crippen molar-refractivity contribution in [1.29, 1.82) is 0 Å². The molecule has 2 aromatic heterocycles. The fourth-order valence-electron chi connectivity index (χ4n) is 2.68. The second kappa shape index (κ2) is 5.62. The second-order valence-corrected chi connectivity index (χ2v) is 6.26. The number of carbonyl (C=O) groups is 1. The molecular weight excluding hydrogens is 396 g/mol. The van der Waals surface area contributed by atoms with E-state index in [1.54, 1.807) is 25.2 Å². The van der Waals surface area contributed by atoms with E-state index in [-0.39, 0.29) is 10.9 Å². The highest BCUT2D eigenvalue weighted by molar-refractivity contribution is 9.10. The SMILES string of the molecule is Cn1ncc2c(F)c(C(=O)Nc3ccc4n[nH]c(Br)c4c3)c(F)cc21. The molecule has 0 aliphatic heterocycles. The molecule has 4 rings (SSSR count). The number of aromatic amines is 1. The number of benzene rings is 2. The Morgan fingerprint density at radius 1 is 1.28 bits per heavy atom. The maximum atomic E-state index is 14.6. The number of halogens is 3. The van der Waals surface area contributed by atoms with E-state index in [9.17, 15) is 13.6 Å². The predicted molar refractivity (Wildman–Crippen MR) is 92.4 cm³/mol. The van der Waals surface area contributed by atoms with Gasteiger partial charge in [-0.05, 0) is 34.1 Å². The van der Waals surface area contributed by atoms with Crippen LogP contribution in [0.1, 0.15) is 10.4 Å². The summed E-state index contributed by atoms with van der Waals surface area (Å²) in [6.45, 7) is 0. The summed E-state index contributed by atoms with van der Waals surface area (Å²) in [5.41, 5.74) is 0.714. The van der Waals surface area contributed by atoms with Crippen LogP contribution in [0.3, 0.4) is 0 Å². The van der Waals surface area contributed by atoms with E-state index < -0.39 is 23.1 Å². The van der Waals surface area contributed by atoms with Gasteiger partial charge in [-0.15, -0.1) is 0 Å². The lowest BCUT2D eigenvalue weighted by molar-refractivity contribution is 0.101. The zero-order valence-electron chi connectivity index (χ0n) is 12.8. The highest BCUT2D eigenvalue weighted by Gasteiger charge is 2.22. The van der Waals surface area contributed by atoms with Crippen molar-refractivity contribution in [1.82, 2.24) is 20.0 Å². The quantitative estimate of drug-likeness (QED) is 0.533. The van der Waals surface area contributed by atoms with Gasteiger partial charge in [-0.3, -0.25) is 14.6 Å². The average Bonchev–Trinajstić information content (AvgIpc) is 3.12. The van der Waals surface area contributed by atoms with Gasteiger partial charge < -0.3 is 5.32 Å². The molecule has 4 aromatic rings. The fourth-order valence-corrected chi connectivity index (χ4v) is 3.08. The van der Waals surface area contributed by atoms with Crippen LogP contribution >= 0.6 is 15.9 Å². The molecule has 0 atom stereocenters. The summed E-state index contributed by atoms with van der Waals surface area (Å²) >= 11 is 3.30. The zero-order valence-corrected chi connectivity index (χ0v) is 14.4. The number of carbonyl (C=O) groups excluding carboxylic acids is 1. The highest BCUT2D eigenvalue weighted by Crippen LogP contribution is 2.27. The average molecular weight is 406 g/mol. The first-order valence-electron chi connectivity index (χ1n) is 7.20. The molecule has 0 fully saturated rings.